The zero-order valence-corrected chi connectivity index (χ0v) is 16.0. The van der Waals surface area contributed by atoms with Gasteiger partial charge in [-0.15, -0.1) is 11.3 Å². The van der Waals surface area contributed by atoms with Crippen LogP contribution in [0.1, 0.15) is 17.1 Å². The second kappa shape index (κ2) is 8.59. The number of nitrogens with one attached hydrogen (secondary N) is 2. The molecule has 1 saturated heterocycles. The largest absolute Gasteiger partial charge is 0.434 e. The van der Waals surface area contributed by atoms with Crippen molar-refractivity contribution < 1.29 is 18.0 Å². The standard InChI is InChI=1S/C18H20F3N5OS/c1-22-17(23-8-7-15-25-14(11-28-15)18(19,20)21)24-12-9-16(27)26(10-12)13-5-3-2-4-6-13/h2-6,11-12H,7-10H2,1H3,(H2,22,23,24). The number of rotatable bonds is 5. The summed E-state index contributed by atoms with van der Waals surface area (Å²) in [5.74, 6) is 0.530. The number of guanidine groups is 1. The third-order valence-corrected chi connectivity index (χ3v) is 5.14. The number of thiazole rings is 1. The summed E-state index contributed by atoms with van der Waals surface area (Å²) in [5.41, 5.74) is -0.00976. The van der Waals surface area contributed by atoms with Crippen LogP contribution >= 0.6 is 11.3 Å². The van der Waals surface area contributed by atoms with Gasteiger partial charge in [0, 0.05) is 44.0 Å². The van der Waals surface area contributed by atoms with Crippen molar-refractivity contribution in [2.24, 2.45) is 4.99 Å². The molecule has 1 atom stereocenters. The molecule has 6 nitrogen and oxygen atoms in total. The van der Waals surface area contributed by atoms with Crippen LogP contribution in [0.15, 0.2) is 40.7 Å². The van der Waals surface area contributed by atoms with Crippen LogP contribution in [0.5, 0.6) is 0 Å². The molecule has 0 spiro atoms. The molecule has 2 N–H and O–H groups in total. The number of amides is 1. The lowest BCUT2D eigenvalue weighted by atomic mass is 10.2. The maximum atomic E-state index is 12.6. The molecule has 1 unspecified atom stereocenters. The van der Waals surface area contributed by atoms with E-state index in [1.165, 1.54) is 0 Å². The van der Waals surface area contributed by atoms with Crippen molar-refractivity contribution in [2.75, 3.05) is 25.0 Å². The monoisotopic (exact) mass is 411 g/mol. The Hall–Kier alpha value is -2.62. The summed E-state index contributed by atoms with van der Waals surface area (Å²) >= 11 is 0.984. The van der Waals surface area contributed by atoms with Gasteiger partial charge in [-0.1, -0.05) is 18.2 Å². The van der Waals surface area contributed by atoms with E-state index in [0.717, 1.165) is 22.4 Å². The molecule has 0 bridgehead atoms. The lowest BCUT2D eigenvalue weighted by Gasteiger charge is -2.18. The molecule has 0 saturated carbocycles. The second-order valence-corrected chi connectivity index (χ2v) is 7.20. The highest BCUT2D eigenvalue weighted by atomic mass is 32.1. The van der Waals surface area contributed by atoms with Crippen LogP contribution < -0.4 is 15.5 Å². The Bertz CT molecular complexity index is 837. The number of aromatic nitrogens is 1. The van der Waals surface area contributed by atoms with Gasteiger partial charge in [-0.2, -0.15) is 13.2 Å². The molecule has 1 aliphatic rings. The number of alkyl halides is 3. The van der Waals surface area contributed by atoms with Gasteiger partial charge in [0.05, 0.1) is 11.0 Å². The average Bonchev–Trinajstić information content (AvgIpc) is 3.28. The van der Waals surface area contributed by atoms with Gasteiger partial charge in [0.2, 0.25) is 5.91 Å². The summed E-state index contributed by atoms with van der Waals surface area (Å²) in [5, 5.41) is 7.67. The highest BCUT2D eigenvalue weighted by Gasteiger charge is 2.33. The molecule has 3 rings (SSSR count). The van der Waals surface area contributed by atoms with Crippen LogP contribution in [-0.4, -0.2) is 43.0 Å². The van der Waals surface area contributed by atoms with E-state index in [9.17, 15) is 18.0 Å². The first kappa shape index (κ1) is 20.1. The number of nitrogens with zero attached hydrogens (tertiary/aromatic N) is 3. The molecule has 1 amide bonds. The number of halogens is 3. The van der Waals surface area contributed by atoms with E-state index in [2.05, 4.69) is 20.6 Å². The van der Waals surface area contributed by atoms with E-state index in [1.807, 2.05) is 30.3 Å². The Morgan fingerprint density at radius 3 is 2.75 bits per heavy atom. The molecule has 1 aliphatic heterocycles. The normalized spacial score (nSPS) is 17.9. The summed E-state index contributed by atoms with van der Waals surface area (Å²) in [6, 6.07) is 9.33. The van der Waals surface area contributed by atoms with Crippen LogP contribution in [0.4, 0.5) is 18.9 Å². The van der Waals surface area contributed by atoms with E-state index >= 15 is 0 Å². The number of hydrogen-bond acceptors (Lipinski definition) is 4. The third kappa shape index (κ3) is 5.00. The topological polar surface area (TPSA) is 69.6 Å². The fourth-order valence-electron chi connectivity index (χ4n) is 2.89. The van der Waals surface area contributed by atoms with Crippen molar-refractivity contribution in [1.82, 2.24) is 15.6 Å². The first-order valence-corrected chi connectivity index (χ1v) is 9.59. The van der Waals surface area contributed by atoms with Crippen molar-refractivity contribution in [2.45, 2.75) is 25.1 Å². The van der Waals surface area contributed by atoms with Gasteiger partial charge in [0.15, 0.2) is 11.7 Å². The SMILES string of the molecule is CN=C(NCCc1nc(C(F)(F)F)cs1)NC1CC(=O)N(c2ccccc2)C1. The molecule has 28 heavy (non-hydrogen) atoms. The molecule has 2 aromatic rings. The molecule has 1 aromatic heterocycles. The summed E-state index contributed by atoms with van der Waals surface area (Å²) in [4.78, 5) is 21.7. The highest BCUT2D eigenvalue weighted by molar-refractivity contribution is 7.09. The van der Waals surface area contributed by atoms with Crippen molar-refractivity contribution in [3.63, 3.8) is 0 Å². The van der Waals surface area contributed by atoms with Gasteiger partial charge in [-0.05, 0) is 12.1 Å². The predicted octanol–water partition coefficient (Wildman–Crippen LogP) is 2.67. The quantitative estimate of drug-likeness (QED) is 0.586. The predicted molar refractivity (Wildman–Crippen MR) is 103 cm³/mol. The molecule has 1 fully saturated rings. The Labute approximate surface area is 164 Å². The average molecular weight is 411 g/mol. The molecule has 0 radical (unpaired) electrons. The van der Waals surface area contributed by atoms with Gasteiger partial charge in [0.1, 0.15) is 0 Å². The van der Waals surface area contributed by atoms with Crippen molar-refractivity contribution >= 4 is 28.9 Å². The fraction of sp³-hybridized carbons (Fsp3) is 0.389. The zero-order chi connectivity index (χ0) is 20.1. The third-order valence-electron chi connectivity index (χ3n) is 4.23. The number of aliphatic imine (C=N–C) groups is 1. The molecule has 150 valence electrons. The molecule has 2 heterocycles. The van der Waals surface area contributed by atoms with E-state index in [0.29, 0.717) is 36.9 Å². The van der Waals surface area contributed by atoms with Gasteiger partial charge >= 0.3 is 6.18 Å². The fourth-order valence-corrected chi connectivity index (χ4v) is 3.70. The van der Waals surface area contributed by atoms with Crippen LogP contribution in [0.2, 0.25) is 0 Å². The van der Waals surface area contributed by atoms with Gasteiger partial charge < -0.3 is 15.5 Å². The minimum atomic E-state index is -4.42. The molecule has 10 heteroatoms. The minimum absolute atomic E-state index is 0.0293. The van der Waals surface area contributed by atoms with Crippen LogP contribution in [0, 0.1) is 0 Å². The van der Waals surface area contributed by atoms with Crippen molar-refractivity contribution in [1.29, 1.82) is 0 Å². The Kier molecular flexibility index (Phi) is 6.18. The first-order valence-electron chi connectivity index (χ1n) is 8.71. The molecular formula is C18H20F3N5OS. The highest BCUT2D eigenvalue weighted by Crippen LogP contribution is 2.30. The Balaban J connectivity index is 1.49. The van der Waals surface area contributed by atoms with Crippen LogP contribution in [0.25, 0.3) is 0 Å². The Morgan fingerprint density at radius 1 is 1.36 bits per heavy atom. The lowest BCUT2D eigenvalue weighted by Crippen LogP contribution is -2.45. The smallest absolute Gasteiger partial charge is 0.356 e. The van der Waals surface area contributed by atoms with Crippen LogP contribution in [0.3, 0.4) is 0 Å². The number of anilines is 1. The number of hydrogen-bond donors (Lipinski definition) is 2. The lowest BCUT2D eigenvalue weighted by molar-refractivity contribution is -0.140. The Morgan fingerprint density at radius 2 is 2.11 bits per heavy atom. The van der Waals surface area contributed by atoms with Gasteiger partial charge in [-0.25, -0.2) is 4.98 Å². The van der Waals surface area contributed by atoms with E-state index in [4.69, 9.17) is 0 Å². The van der Waals surface area contributed by atoms with E-state index < -0.39 is 11.9 Å². The molecular weight excluding hydrogens is 391 g/mol. The number of para-hydroxylation sites is 1. The van der Waals surface area contributed by atoms with Gasteiger partial charge in [0.25, 0.3) is 0 Å². The summed E-state index contributed by atoms with van der Waals surface area (Å²) in [7, 11) is 1.60. The number of benzene rings is 1. The zero-order valence-electron chi connectivity index (χ0n) is 15.2. The maximum Gasteiger partial charge on any atom is 0.434 e. The maximum absolute atomic E-state index is 12.6. The second-order valence-electron chi connectivity index (χ2n) is 6.26. The van der Waals surface area contributed by atoms with E-state index in [-0.39, 0.29) is 11.9 Å². The van der Waals surface area contributed by atoms with Crippen molar-refractivity contribution in [3.05, 3.63) is 46.4 Å². The number of carbonyl (C=O) groups is 1. The number of carbonyl (C=O) groups excluding carboxylic acids is 1. The molecule has 0 aliphatic carbocycles. The first-order chi connectivity index (χ1) is 13.4. The summed E-state index contributed by atoms with van der Waals surface area (Å²) < 4.78 is 37.8. The van der Waals surface area contributed by atoms with E-state index in [1.54, 1.807) is 11.9 Å². The summed E-state index contributed by atoms with van der Waals surface area (Å²) in [6.45, 7) is 0.901. The minimum Gasteiger partial charge on any atom is -0.356 e. The van der Waals surface area contributed by atoms with Gasteiger partial charge in [-0.3, -0.25) is 9.79 Å². The molecule has 1 aromatic carbocycles. The van der Waals surface area contributed by atoms with Crippen LogP contribution in [-0.2, 0) is 17.4 Å². The van der Waals surface area contributed by atoms with Crippen molar-refractivity contribution in [3.8, 4) is 0 Å². The summed E-state index contributed by atoms with van der Waals surface area (Å²) in [6.07, 6.45) is -3.72.